The van der Waals surface area contributed by atoms with Crippen LogP contribution in [0.5, 0.6) is 0 Å². The highest BCUT2D eigenvalue weighted by Crippen LogP contribution is 2.52. The summed E-state index contributed by atoms with van der Waals surface area (Å²) in [6, 6.07) is 11.9. The van der Waals surface area contributed by atoms with Gasteiger partial charge < -0.3 is 15.0 Å². The van der Waals surface area contributed by atoms with E-state index in [1.807, 2.05) is 20.8 Å². The Morgan fingerprint density at radius 1 is 1.22 bits per heavy atom. The van der Waals surface area contributed by atoms with E-state index in [4.69, 9.17) is 4.74 Å². The van der Waals surface area contributed by atoms with Gasteiger partial charge in [0.1, 0.15) is 5.60 Å². The quantitative estimate of drug-likeness (QED) is 0.832. The summed E-state index contributed by atoms with van der Waals surface area (Å²) in [4.78, 5) is 15.4. The molecule has 0 unspecified atom stereocenters. The van der Waals surface area contributed by atoms with Crippen molar-refractivity contribution in [2.75, 3.05) is 0 Å². The van der Waals surface area contributed by atoms with E-state index in [-0.39, 0.29) is 23.6 Å². The van der Waals surface area contributed by atoms with Gasteiger partial charge in [0.15, 0.2) is 0 Å². The molecule has 0 aromatic heterocycles. The number of benzene rings is 1. The SMILES string of the molecule is CC(C)(C)OC(=O)N1[C@H]2CCCC[C@H]3N[C@H](Cc4ccccc4)[C@@H]1C[C@@]23C. The largest absolute Gasteiger partial charge is 0.444 e. The van der Waals surface area contributed by atoms with Crippen LogP contribution in [0.15, 0.2) is 30.3 Å². The van der Waals surface area contributed by atoms with E-state index in [9.17, 15) is 4.79 Å². The molecule has 0 spiro atoms. The molecule has 4 rings (SSSR count). The van der Waals surface area contributed by atoms with Crippen molar-refractivity contribution in [1.82, 2.24) is 10.2 Å². The van der Waals surface area contributed by atoms with Gasteiger partial charge in [0.25, 0.3) is 0 Å². The normalized spacial score (nSPS) is 35.6. The molecule has 2 heterocycles. The molecule has 1 N–H and O–H groups in total. The molecule has 5 atom stereocenters. The monoisotopic (exact) mass is 370 g/mol. The molecule has 1 amide bonds. The standard InChI is InChI=1S/C23H34N2O2/c1-22(2,3)27-21(26)25-18-15-23(4)19(12-8-9-13-20(23)25)24-17(18)14-16-10-6-5-7-11-16/h5-7,10-11,17-20,24H,8-9,12-15H2,1-4H3/t17-,18+,19-,20+,23-/m1/s1. The molecule has 3 aliphatic rings. The molecule has 1 aromatic carbocycles. The lowest BCUT2D eigenvalue weighted by molar-refractivity contribution is 0.00949. The van der Waals surface area contributed by atoms with Crippen LogP contribution in [-0.4, -0.2) is 40.8 Å². The minimum Gasteiger partial charge on any atom is -0.444 e. The number of hydrogen-bond acceptors (Lipinski definition) is 3. The molecular weight excluding hydrogens is 336 g/mol. The van der Waals surface area contributed by atoms with Gasteiger partial charge in [0.05, 0.1) is 6.04 Å². The molecule has 4 nitrogen and oxygen atoms in total. The molecule has 1 saturated carbocycles. The Bertz CT molecular complexity index is 683. The lowest BCUT2D eigenvalue weighted by atomic mass is 9.70. The number of fused-ring (bicyclic) bond motifs is 1. The van der Waals surface area contributed by atoms with E-state index in [0.717, 1.165) is 19.3 Å². The van der Waals surface area contributed by atoms with Crippen molar-refractivity contribution in [3.05, 3.63) is 35.9 Å². The molecule has 2 aliphatic heterocycles. The van der Waals surface area contributed by atoms with Gasteiger partial charge in [-0.3, -0.25) is 0 Å². The summed E-state index contributed by atoms with van der Waals surface area (Å²) >= 11 is 0. The van der Waals surface area contributed by atoms with Gasteiger partial charge in [-0.15, -0.1) is 0 Å². The van der Waals surface area contributed by atoms with Crippen LogP contribution in [0.25, 0.3) is 0 Å². The molecule has 4 heteroatoms. The van der Waals surface area contributed by atoms with Crippen LogP contribution in [0.4, 0.5) is 4.79 Å². The Kier molecular flexibility index (Phi) is 4.74. The highest BCUT2D eigenvalue weighted by atomic mass is 16.6. The maximum absolute atomic E-state index is 13.2. The van der Waals surface area contributed by atoms with E-state index in [2.05, 4.69) is 47.5 Å². The van der Waals surface area contributed by atoms with Crippen molar-refractivity contribution >= 4 is 6.09 Å². The minimum atomic E-state index is -0.457. The van der Waals surface area contributed by atoms with E-state index in [1.54, 1.807) is 0 Å². The zero-order valence-corrected chi connectivity index (χ0v) is 17.2. The number of carbonyl (C=O) groups is 1. The molecule has 0 radical (unpaired) electrons. The first-order valence-corrected chi connectivity index (χ1v) is 10.6. The first-order chi connectivity index (χ1) is 12.8. The van der Waals surface area contributed by atoms with E-state index in [0.29, 0.717) is 12.1 Å². The highest BCUT2D eigenvalue weighted by Gasteiger charge is 2.60. The molecule has 1 aliphatic carbocycles. The summed E-state index contributed by atoms with van der Waals surface area (Å²) in [5, 5.41) is 3.97. The second-order valence-corrected chi connectivity index (χ2v) is 9.98. The van der Waals surface area contributed by atoms with Gasteiger partial charge in [0, 0.05) is 23.5 Å². The number of nitrogens with zero attached hydrogens (tertiary/aromatic N) is 1. The molecule has 27 heavy (non-hydrogen) atoms. The Balaban J connectivity index is 1.66. The summed E-state index contributed by atoms with van der Waals surface area (Å²) in [6.45, 7) is 8.29. The summed E-state index contributed by atoms with van der Waals surface area (Å²) in [5.41, 5.74) is 1.04. The van der Waals surface area contributed by atoms with Crippen LogP contribution in [-0.2, 0) is 11.2 Å². The summed E-state index contributed by atoms with van der Waals surface area (Å²) in [7, 11) is 0. The van der Waals surface area contributed by atoms with Gasteiger partial charge in [-0.25, -0.2) is 4.79 Å². The number of piperidine rings is 1. The third-order valence-corrected chi connectivity index (χ3v) is 6.90. The van der Waals surface area contributed by atoms with Crippen LogP contribution in [0, 0.1) is 5.41 Å². The van der Waals surface area contributed by atoms with Gasteiger partial charge in [-0.2, -0.15) is 0 Å². The predicted octanol–water partition coefficient (Wildman–Crippen LogP) is 4.53. The van der Waals surface area contributed by atoms with Crippen LogP contribution in [0.3, 0.4) is 0 Å². The summed E-state index contributed by atoms with van der Waals surface area (Å²) < 4.78 is 5.86. The number of ether oxygens (including phenoxy) is 1. The van der Waals surface area contributed by atoms with Gasteiger partial charge in [0.2, 0.25) is 0 Å². The molecular formula is C23H34N2O2. The van der Waals surface area contributed by atoms with Crippen molar-refractivity contribution in [3.8, 4) is 0 Å². The average molecular weight is 371 g/mol. The maximum Gasteiger partial charge on any atom is 0.410 e. The zero-order chi connectivity index (χ0) is 19.2. The third-order valence-electron chi connectivity index (χ3n) is 6.90. The predicted molar refractivity (Wildman–Crippen MR) is 108 cm³/mol. The smallest absolute Gasteiger partial charge is 0.410 e. The molecule has 1 aromatic rings. The number of rotatable bonds is 2. The van der Waals surface area contributed by atoms with Crippen LogP contribution in [0.1, 0.15) is 65.4 Å². The Hall–Kier alpha value is -1.55. The van der Waals surface area contributed by atoms with Gasteiger partial charge in [-0.1, -0.05) is 50.1 Å². The van der Waals surface area contributed by atoms with E-state index in [1.165, 1.54) is 24.8 Å². The number of nitrogens with one attached hydrogen (secondary N) is 1. The van der Waals surface area contributed by atoms with Crippen molar-refractivity contribution < 1.29 is 9.53 Å². The Labute approximate surface area is 163 Å². The minimum absolute atomic E-state index is 0.122. The first-order valence-electron chi connectivity index (χ1n) is 10.6. The Morgan fingerprint density at radius 3 is 2.63 bits per heavy atom. The summed E-state index contributed by atoms with van der Waals surface area (Å²) in [5.74, 6) is 0. The lowest BCUT2D eigenvalue weighted by Gasteiger charge is -2.43. The lowest BCUT2D eigenvalue weighted by Crippen LogP contribution is -2.57. The molecule has 148 valence electrons. The number of likely N-dealkylation sites (tertiary alicyclic amines) is 1. The first kappa shape index (κ1) is 18.8. The summed E-state index contributed by atoms with van der Waals surface area (Å²) in [6.07, 6.45) is 6.69. The van der Waals surface area contributed by atoms with E-state index >= 15 is 0 Å². The molecule has 2 bridgehead atoms. The number of carbonyl (C=O) groups excluding carboxylic acids is 1. The Morgan fingerprint density at radius 2 is 1.93 bits per heavy atom. The van der Waals surface area contributed by atoms with Crippen molar-refractivity contribution in [1.29, 1.82) is 0 Å². The van der Waals surface area contributed by atoms with Crippen molar-refractivity contribution in [2.45, 2.75) is 96.0 Å². The van der Waals surface area contributed by atoms with Crippen molar-refractivity contribution in [3.63, 3.8) is 0 Å². The topological polar surface area (TPSA) is 41.6 Å². The van der Waals surface area contributed by atoms with Crippen molar-refractivity contribution in [2.24, 2.45) is 5.41 Å². The second kappa shape index (κ2) is 6.80. The maximum atomic E-state index is 13.2. The molecule has 2 saturated heterocycles. The third kappa shape index (κ3) is 3.49. The number of hydrogen-bond donors (Lipinski definition) is 1. The van der Waals surface area contributed by atoms with Crippen LogP contribution in [0.2, 0.25) is 0 Å². The van der Waals surface area contributed by atoms with E-state index < -0.39 is 5.60 Å². The average Bonchev–Trinajstić information content (AvgIpc) is 2.75. The second-order valence-electron chi connectivity index (χ2n) is 9.98. The van der Waals surface area contributed by atoms with Crippen LogP contribution < -0.4 is 5.32 Å². The van der Waals surface area contributed by atoms with Gasteiger partial charge in [-0.05, 0) is 52.0 Å². The zero-order valence-electron chi connectivity index (χ0n) is 17.2. The number of amides is 1. The fourth-order valence-corrected chi connectivity index (χ4v) is 5.71. The fraction of sp³-hybridized carbons (Fsp3) is 0.696. The fourth-order valence-electron chi connectivity index (χ4n) is 5.71. The van der Waals surface area contributed by atoms with Crippen LogP contribution >= 0.6 is 0 Å². The highest BCUT2D eigenvalue weighted by molar-refractivity contribution is 5.70. The molecule has 3 fully saturated rings. The van der Waals surface area contributed by atoms with Gasteiger partial charge >= 0.3 is 6.09 Å².